The number of amides is 1. The smallest absolute Gasteiger partial charge is 0.455 e. The van der Waals surface area contributed by atoms with Gasteiger partial charge in [-0.05, 0) is 92.1 Å². The van der Waals surface area contributed by atoms with Crippen LogP contribution in [0, 0.1) is 27.7 Å². The standard InChI is InChI=1S/C20H17F3N2O4S.C19H15F3O.C17H14F3N3O2S/c1-3-17(26)24-30(27,28)16-11-9-14(10-12-16)18-13(2)29-25(20(21,22)23)19(18)15-7-5-4-6-8-15;1-12-8-10-15(11-9-12)16-13(2)23-18(19(20,21)22)17(16)14-6-4-3-5-7-14;1-11-2-4-12(5-3-11)15-10-16(17(18,19)20)22-23(15)13-6-8-14(9-7-13)26(21,24)25/h4-12H,3H2,1-2H3;3-11H,1-2H3;2-10H,1H3,(H2,21,24,25)/p+1. The van der Waals surface area contributed by atoms with E-state index in [0.717, 1.165) is 21.9 Å². The highest BCUT2D eigenvalue weighted by atomic mass is 32.2. The Labute approximate surface area is 447 Å². The first kappa shape index (κ1) is 58.4. The van der Waals surface area contributed by atoms with Gasteiger partial charge in [-0.3, -0.25) is 4.79 Å². The van der Waals surface area contributed by atoms with Crippen molar-refractivity contribution in [1.29, 1.82) is 0 Å². The Hall–Kier alpha value is -8.28. The molecule has 0 atom stereocenters. The fourth-order valence-corrected chi connectivity index (χ4v) is 9.64. The quantitative estimate of drug-likeness (QED) is 0.101. The molecule has 6 aromatic carbocycles. The molecule has 412 valence electrons. The van der Waals surface area contributed by atoms with E-state index < -0.39 is 56.1 Å². The fraction of sp³-hybridized carbons (Fsp3) is 0.161. The molecule has 3 aromatic heterocycles. The third-order valence-electron chi connectivity index (χ3n) is 11.8. The molecule has 3 N–H and O–H groups in total. The van der Waals surface area contributed by atoms with E-state index in [1.807, 2.05) is 42.8 Å². The van der Waals surface area contributed by atoms with Crippen LogP contribution in [0.3, 0.4) is 0 Å². The van der Waals surface area contributed by atoms with Crippen LogP contribution in [0.2, 0.25) is 0 Å². The van der Waals surface area contributed by atoms with E-state index in [-0.39, 0.29) is 66.2 Å². The Morgan fingerprint density at radius 3 is 1.53 bits per heavy atom. The van der Waals surface area contributed by atoms with Gasteiger partial charge < -0.3 is 4.42 Å². The van der Waals surface area contributed by atoms with Gasteiger partial charge in [0.05, 0.1) is 31.5 Å². The number of halogens is 9. The van der Waals surface area contributed by atoms with Crippen LogP contribution in [0.15, 0.2) is 183 Å². The molecule has 3 heterocycles. The van der Waals surface area contributed by atoms with Crippen LogP contribution in [0.4, 0.5) is 39.5 Å². The monoisotopic (exact) mass is 1140 g/mol. The summed E-state index contributed by atoms with van der Waals surface area (Å²) in [6.45, 7) is 8.28. The summed E-state index contributed by atoms with van der Waals surface area (Å²) in [4.78, 5) is 11.1. The second kappa shape index (κ2) is 23.0. The first-order valence-corrected chi connectivity index (χ1v) is 26.6. The maximum atomic E-state index is 13.6. The predicted octanol–water partition coefficient (Wildman–Crippen LogP) is 13.7. The van der Waals surface area contributed by atoms with Gasteiger partial charge in [0.2, 0.25) is 21.7 Å². The van der Waals surface area contributed by atoms with Gasteiger partial charge >= 0.3 is 18.7 Å². The van der Waals surface area contributed by atoms with Crippen LogP contribution in [0.1, 0.15) is 47.4 Å². The summed E-state index contributed by atoms with van der Waals surface area (Å²) in [5.74, 6) is -1.33. The van der Waals surface area contributed by atoms with Crippen molar-refractivity contribution >= 4 is 26.0 Å². The summed E-state index contributed by atoms with van der Waals surface area (Å²) in [6.07, 6.45) is -13.9. The van der Waals surface area contributed by atoms with Gasteiger partial charge in [0.25, 0.3) is 15.7 Å². The lowest BCUT2D eigenvalue weighted by Crippen LogP contribution is -2.47. The Kier molecular flexibility index (Phi) is 17.0. The number of aromatic nitrogens is 3. The number of nitrogens with two attached hydrogens (primary N) is 1. The highest BCUT2D eigenvalue weighted by Crippen LogP contribution is 2.46. The first-order chi connectivity index (χ1) is 37.0. The van der Waals surface area contributed by atoms with Gasteiger partial charge in [0, 0.05) is 30.0 Å². The number of furan rings is 1. The van der Waals surface area contributed by atoms with Crippen LogP contribution < -0.4 is 14.6 Å². The van der Waals surface area contributed by atoms with E-state index in [1.165, 1.54) is 74.5 Å². The summed E-state index contributed by atoms with van der Waals surface area (Å²) >= 11 is 0. The van der Waals surface area contributed by atoms with Crippen LogP contribution in [-0.2, 0) is 43.5 Å². The molecule has 23 heteroatoms. The predicted molar refractivity (Wildman–Crippen MR) is 276 cm³/mol. The highest BCUT2D eigenvalue weighted by Gasteiger charge is 2.51. The molecule has 12 nitrogen and oxygen atoms in total. The molecule has 0 aliphatic heterocycles. The van der Waals surface area contributed by atoms with Gasteiger partial charge in [0.1, 0.15) is 11.3 Å². The van der Waals surface area contributed by atoms with Gasteiger partial charge in [0.15, 0.2) is 11.5 Å². The lowest BCUT2D eigenvalue weighted by molar-refractivity contribution is -0.971. The van der Waals surface area contributed by atoms with Crippen LogP contribution in [-0.4, -0.2) is 32.5 Å². The van der Waals surface area contributed by atoms with E-state index in [1.54, 1.807) is 79.7 Å². The summed E-state index contributed by atoms with van der Waals surface area (Å²) < 4.78 is 181. The maximum Gasteiger partial charge on any atom is 0.679 e. The van der Waals surface area contributed by atoms with Gasteiger partial charge in [-0.1, -0.05) is 127 Å². The summed E-state index contributed by atoms with van der Waals surface area (Å²) in [7, 11) is -7.97. The SMILES string of the molecule is CCC(=O)NS(=O)(=O)c1ccc(-c2c(C)o[n+](C(F)(F)F)c2-c2ccccc2)cc1.Cc1ccc(-c2c(C)oc(C(F)(F)F)c2-c2ccccc2)cc1.Cc1ccc(-c2cc(C(F)(F)F)nn2-c2ccc(S(N)(=O)=O)cc2)cc1. The number of carbonyl (C=O) groups is 1. The van der Waals surface area contributed by atoms with Crippen molar-refractivity contribution in [2.45, 2.75) is 69.5 Å². The zero-order valence-corrected chi connectivity index (χ0v) is 43.9. The third-order valence-corrected chi connectivity index (χ3v) is 14.1. The normalized spacial score (nSPS) is 12.0. The number of sulfonamides is 2. The molecule has 9 rings (SSSR count). The molecule has 0 bridgehead atoms. The number of hydrogen-bond donors (Lipinski definition) is 2. The van der Waals surface area contributed by atoms with E-state index in [2.05, 4.69) is 5.10 Å². The zero-order chi connectivity index (χ0) is 57.8. The molecular formula is C56H47F9N5O7S2+. The van der Waals surface area contributed by atoms with E-state index in [9.17, 15) is 61.1 Å². The molecule has 0 saturated carbocycles. The molecule has 0 radical (unpaired) electrons. The molecule has 0 aliphatic rings. The van der Waals surface area contributed by atoms with Gasteiger partial charge in [-0.25, -0.2) is 35.9 Å². The lowest BCUT2D eigenvalue weighted by Gasteiger charge is -2.09. The van der Waals surface area contributed by atoms with Crippen molar-refractivity contribution in [1.82, 2.24) is 14.5 Å². The van der Waals surface area contributed by atoms with Gasteiger partial charge in [-0.2, -0.15) is 31.4 Å². The Balaban J connectivity index is 0.000000173. The van der Waals surface area contributed by atoms with E-state index in [4.69, 9.17) is 14.1 Å². The molecule has 79 heavy (non-hydrogen) atoms. The number of rotatable bonds is 10. The number of alkyl halides is 9. The van der Waals surface area contributed by atoms with Crippen molar-refractivity contribution in [2.24, 2.45) is 5.14 Å². The van der Waals surface area contributed by atoms with Crippen LogP contribution in [0.5, 0.6) is 0 Å². The highest BCUT2D eigenvalue weighted by molar-refractivity contribution is 7.90. The Morgan fingerprint density at radius 1 is 0.582 bits per heavy atom. The van der Waals surface area contributed by atoms with Crippen molar-refractivity contribution in [3.05, 3.63) is 198 Å². The van der Waals surface area contributed by atoms with Crippen molar-refractivity contribution < 1.29 is 74.8 Å². The molecular weight excluding hydrogens is 1090 g/mol. The molecule has 0 spiro atoms. The molecule has 0 unspecified atom stereocenters. The Morgan fingerprint density at radius 2 is 1.05 bits per heavy atom. The van der Waals surface area contributed by atoms with Crippen LogP contribution >= 0.6 is 0 Å². The topological polar surface area (TPSA) is 171 Å². The number of primary sulfonamides is 1. The first-order valence-electron chi connectivity index (χ1n) is 23.5. The second-order valence-corrected chi connectivity index (χ2v) is 20.8. The Bertz CT molecular complexity index is 3820. The minimum Gasteiger partial charge on any atom is -0.455 e. The summed E-state index contributed by atoms with van der Waals surface area (Å²) in [6, 6.07) is 42.1. The maximum absolute atomic E-state index is 13.6. The molecule has 0 aliphatic carbocycles. The molecule has 9 aromatic rings. The minimum absolute atomic E-state index is 0.0105. The number of carbonyl (C=O) groups excluding carboxylic acids is 1. The molecule has 0 fully saturated rings. The minimum atomic E-state index is -4.79. The number of nitrogens with zero attached hydrogens (tertiary/aromatic N) is 3. The number of nitrogens with one attached hydrogen (secondary N) is 1. The third kappa shape index (κ3) is 13.7. The number of benzene rings is 6. The number of aryl methyl sites for hydroxylation is 4. The fourth-order valence-electron chi connectivity index (χ4n) is 8.07. The lowest BCUT2D eigenvalue weighted by atomic mass is 9.94. The average Bonchev–Trinajstić information content (AvgIpc) is 4.36. The van der Waals surface area contributed by atoms with Crippen molar-refractivity contribution in [2.75, 3.05) is 0 Å². The average molecular weight is 1140 g/mol. The van der Waals surface area contributed by atoms with Crippen molar-refractivity contribution in [3.8, 4) is 61.6 Å². The summed E-state index contributed by atoms with van der Waals surface area (Å²) in [5, 5.41) is 8.70. The number of hydrogen-bond acceptors (Lipinski definition) is 8. The van der Waals surface area contributed by atoms with E-state index >= 15 is 0 Å². The van der Waals surface area contributed by atoms with Gasteiger partial charge in [-0.15, -0.1) is 13.2 Å². The van der Waals surface area contributed by atoms with E-state index in [0.29, 0.717) is 27.8 Å². The summed E-state index contributed by atoms with van der Waals surface area (Å²) in [5.41, 5.74) is 4.44. The van der Waals surface area contributed by atoms with Crippen molar-refractivity contribution in [3.63, 3.8) is 0 Å². The molecule has 1 amide bonds. The van der Waals surface area contributed by atoms with Crippen LogP contribution in [0.25, 0.3) is 61.6 Å². The largest absolute Gasteiger partial charge is 0.679 e. The second-order valence-electron chi connectivity index (χ2n) is 17.6. The molecule has 0 saturated heterocycles. The zero-order valence-electron chi connectivity index (χ0n) is 42.3.